The van der Waals surface area contributed by atoms with Crippen molar-refractivity contribution < 1.29 is 9.59 Å². The van der Waals surface area contributed by atoms with Crippen LogP contribution in [-0.4, -0.2) is 11.6 Å². The van der Waals surface area contributed by atoms with Gasteiger partial charge >= 0.3 is 0 Å². The van der Waals surface area contributed by atoms with Crippen LogP contribution >= 0.6 is 11.6 Å². The molecule has 19 heavy (non-hydrogen) atoms. The molecule has 3 heteroatoms. The van der Waals surface area contributed by atoms with Crippen molar-refractivity contribution in [1.82, 2.24) is 0 Å². The molecule has 96 valence electrons. The van der Waals surface area contributed by atoms with Crippen LogP contribution in [0.25, 0.3) is 0 Å². The molecule has 0 saturated heterocycles. The lowest BCUT2D eigenvalue weighted by atomic mass is 9.88. The molecule has 0 amide bonds. The van der Waals surface area contributed by atoms with Gasteiger partial charge in [0.25, 0.3) is 0 Å². The first-order valence-electron chi connectivity index (χ1n) is 5.95. The standard InChI is InChI=1S/C16H13ClO2/c1-11(18)15(12-7-9-14(17)10-8-12)16(19)13-5-3-2-4-6-13/h2-10,15H,1H3. The summed E-state index contributed by atoms with van der Waals surface area (Å²) in [5.74, 6) is -1.12. The van der Waals surface area contributed by atoms with E-state index in [0.29, 0.717) is 16.1 Å². The third kappa shape index (κ3) is 3.09. The molecule has 0 aliphatic carbocycles. The molecule has 0 fully saturated rings. The summed E-state index contributed by atoms with van der Waals surface area (Å²) in [6.07, 6.45) is 0. The van der Waals surface area contributed by atoms with Crippen molar-refractivity contribution in [1.29, 1.82) is 0 Å². The summed E-state index contributed by atoms with van der Waals surface area (Å²) < 4.78 is 0. The molecule has 2 nitrogen and oxygen atoms in total. The third-order valence-electron chi connectivity index (χ3n) is 2.93. The lowest BCUT2D eigenvalue weighted by Crippen LogP contribution is -2.20. The van der Waals surface area contributed by atoms with E-state index in [1.54, 1.807) is 48.5 Å². The van der Waals surface area contributed by atoms with E-state index in [9.17, 15) is 9.59 Å². The van der Waals surface area contributed by atoms with Gasteiger partial charge in [-0.3, -0.25) is 9.59 Å². The Morgan fingerprint density at radius 2 is 1.53 bits per heavy atom. The number of halogens is 1. The molecule has 0 heterocycles. The van der Waals surface area contributed by atoms with Gasteiger partial charge in [0.15, 0.2) is 5.78 Å². The highest BCUT2D eigenvalue weighted by molar-refractivity contribution is 6.30. The molecule has 2 aromatic carbocycles. The fourth-order valence-electron chi connectivity index (χ4n) is 2.00. The molecule has 2 rings (SSSR count). The van der Waals surface area contributed by atoms with Crippen LogP contribution in [0, 0.1) is 0 Å². The minimum atomic E-state index is -0.764. The zero-order valence-corrected chi connectivity index (χ0v) is 11.2. The summed E-state index contributed by atoms with van der Waals surface area (Å²) in [7, 11) is 0. The fraction of sp³-hybridized carbons (Fsp3) is 0.125. The molecular weight excluding hydrogens is 260 g/mol. The number of hydrogen-bond acceptors (Lipinski definition) is 2. The third-order valence-corrected chi connectivity index (χ3v) is 3.18. The van der Waals surface area contributed by atoms with Crippen molar-refractivity contribution in [3.05, 3.63) is 70.7 Å². The molecular formula is C16H13ClO2. The highest BCUT2D eigenvalue weighted by Gasteiger charge is 2.26. The Bertz CT molecular complexity index is 588. The molecule has 0 aromatic heterocycles. The van der Waals surface area contributed by atoms with Crippen LogP contribution in [0.1, 0.15) is 28.8 Å². The Labute approximate surface area is 117 Å². The minimum Gasteiger partial charge on any atom is -0.299 e. The van der Waals surface area contributed by atoms with E-state index in [2.05, 4.69) is 0 Å². The quantitative estimate of drug-likeness (QED) is 0.625. The number of benzene rings is 2. The molecule has 0 saturated carbocycles. The number of ketones is 2. The van der Waals surface area contributed by atoms with Crippen molar-refractivity contribution in [2.24, 2.45) is 0 Å². The molecule has 0 radical (unpaired) electrons. The number of hydrogen-bond donors (Lipinski definition) is 0. The largest absolute Gasteiger partial charge is 0.299 e. The first-order valence-corrected chi connectivity index (χ1v) is 6.32. The van der Waals surface area contributed by atoms with Crippen LogP contribution in [0.4, 0.5) is 0 Å². The summed E-state index contributed by atoms with van der Waals surface area (Å²) in [6.45, 7) is 1.43. The van der Waals surface area contributed by atoms with Crippen LogP contribution in [-0.2, 0) is 4.79 Å². The normalized spacial score (nSPS) is 11.9. The second-order valence-electron chi connectivity index (χ2n) is 4.33. The van der Waals surface area contributed by atoms with Crippen LogP contribution in [0.3, 0.4) is 0 Å². The summed E-state index contributed by atoms with van der Waals surface area (Å²) in [6, 6.07) is 15.6. The van der Waals surface area contributed by atoms with E-state index >= 15 is 0 Å². The number of Topliss-reactive ketones (excluding diaryl/α,β-unsaturated/α-hetero) is 2. The predicted molar refractivity (Wildman–Crippen MR) is 75.6 cm³/mol. The molecule has 1 unspecified atom stereocenters. The summed E-state index contributed by atoms with van der Waals surface area (Å²) in [5.41, 5.74) is 1.21. The first-order chi connectivity index (χ1) is 9.09. The number of carbonyl (C=O) groups excluding carboxylic acids is 2. The SMILES string of the molecule is CC(=O)C(C(=O)c1ccccc1)c1ccc(Cl)cc1. The Morgan fingerprint density at radius 1 is 0.947 bits per heavy atom. The van der Waals surface area contributed by atoms with E-state index < -0.39 is 5.92 Å². The van der Waals surface area contributed by atoms with Gasteiger partial charge in [-0.1, -0.05) is 54.1 Å². The van der Waals surface area contributed by atoms with Crippen LogP contribution in [0.2, 0.25) is 5.02 Å². The average Bonchev–Trinajstić information content (AvgIpc) is 2.42. The molecule has 2 aromatic rings. The summed E-state index contributed by atoms with van der Waals surface area (Å²) in [5, 5.41) is 0.582. The molecule has 0 aliphatic rings. The Morgan fingerprint density at radius 3 is 2.05 bits per heavy atom. The molecule has 1 atom stereocenters. The van der Waals surface area contributed by atoms with Gasteiger partial charge in [0.05, 0.1) is 0 Å². The lowest BCUT2D eigenvalue weighted by Gasteiger charge is -2.13. The zero-order chi connectivity index (χ0) is 13.8. The topological polar surface area (TPSA) is 34.1 Å². The Hall–Kier alpha value is -1.93. The van der Waals surface area contributed by atoms with Gasteiger partial charge in [-0.15, -0.1) is 0 Å². The van der Waals surface area contributed by atoms with Gasteiger partial charge in [-0.25, -0.2) is 0 Å². The van der Waals surface area contributed by atoms with E-state index in [1.807, 2.05) is 6.07 Å². The van der Waals surface area contributed by atoms with E-state index in [1.165, 1.54) is 6.92 Å². The van der Waals surface area contributed by atoms with Gasteiger partial charge in [0.1, 0.15) is 11.7 Å². The molecule has 0 bridgehead atoms. The average molecular weight is 273 g/mol. The smallest absolute Gasteiger partial charge is 0.177 e. The highest BCUT2D eigenvalue weighted by Crippen LogP contribution is 2.23. The van der Waals surface area contributed by atoms with Crippen LogP contribution < -0.4 is 0 Å². The van der Waals surface area contributed by atoms with Gasteiger partial charge in [0, 0.05) is 10.6 Å². The Kier molecular flexibility index (Phi) is 4.13. The maximum Gasteiger partial charge on any atom is 0.177 e. The second-order valence-corrected chi connectivity index (χ2v) is 4.76. The van der Waals surface area contributed by atoms with Gasteiger partial charge in [0.2, 0.25) is 0 Å². The number of carbonyl (C=O) groups is 2. The first kappa shape index (κ1) is 13.5. The predicted octanol–water partition coefficient (Wildman–Crippen LogP) is 3.90. The second kappa shape index (κ2) is 5.81. The van der Waals surface area contributed by atoms with Crippen molar-refractivity contribution in [2.75, 3.05) is 0 Å². The van der Waals surface area contributed by atoms with Crippen molar-refractivity contribution >= 4 is 23.2 Å². The molecule has 0 N–H and O–H groups in total. The summed E-state index contributed by atoms with van der Waals surface area (Å²) in [4.78, 5) is 24.2. The minimum absolute atomic E-state index is 0.170. The van der Waals surface area contributed by atoms with Crippen LogP contribution in [0.5, 0.6) is 0 Å². The van der Waals surface area contributed by atoms with Gasteiger partial charge in [-0.2, -0.15) is 0 Å². The Balaban J connectivity index is 2.39. The van der Waals surface area contributed by atoms with Crippen molar-refractivity contribution in [2.45, 2.75) is 12.8 Å². The van der Waals surface area contributed by atoms with Crippen LogP contribution in [0.15, 0.2) is 54.6 Å². The van der Waals surface area contributed by atoms with Gasteiger partial charge in [-0.05, 0) is 24.6 Å². The highest BCUT2D eigenvalue weighted by atomic mass is 35.5. The van der Waals surface area contributed by atoms with Crippen molar-refractivity contribution in [3.8, 4) is 0 Å². The van der Waals surface area contributed by atoms with E-state index in [-0.39, 0.29) is 11.6 Å². The van der Waals surface area contributed by atoms with Gasteiger partial charge < -0.3 is 0 Å². The zero-order valence-electron chi connectivity index (χ0n) is 10.5. The maximum atomic E-state index is 12.4. The summed E-state index contributed by atoms with van der Waals surface area (Å²) >= 11 is 5.82. The maximum absolute atomic E-state index is 12.4. The fourth-order valence-corrected chi connectivity index (χ4v) is 2.12. The van der Waals surface area contributed by atoms with Crippen molar-refractivity contribution in [3.63, 3.8) is 0 Å². The lowest BCUT2D eigenvalue weighted by molar-refractivity contribution is -0.117. The molecule has 0 spiro atoms. The monoisotopic (exact) mass is 272 g/mol. The molecule has 0 aliphatic heterocycles. The number of rotatable bonds is 4. The van der Waals surface area contributed by atoms with E-state index in [0.717, 1.165) is 0 Å². The van der Waals surface area contributed by atoms with E-state index in [4.69, 9.17) is 11.6 Å².